The zero-order valence-electron chi connectivity index (χ0n) is 17.1. The van der Waals surface area contributed by atoms with Crippen LogP contribution in [0.25, 0.3) is 0 Å². The molecule has 1 aliphatic heterocycles. The Morgan fingerprint density at radius 3 is 2.85 bits per heavy atom. The molecule has 7 heteroatoms. The van der Waals surface area contributed by atoms with Crippen LogP contribution in [0.1, 0.15) is 46.4 Å². The number of hydrogen-bond donors (Lipinski definition) is 1. The van der Waals surface area contributed by atoms with Gasteiger partial charge >= 0.3 is 0 Å². The molecule has 0 aromatic carbocycles. The lowest BCUT2D eigenvalue weighted by atomic mass is 10.2. The number of hydrogen-bond acceptors (Lipinski definition) is 3. The van der Waals surface area contributed by atoms with Gasteiger partial charge in [-0.3, -0.25) is 4.90 Å². The molecule has 1 N–H and O–H groups in total. The topological polar surface area (TPSA) is 48.7 Å². The van der Waals surface area contributed by atoms with Crippen molar-refractivity contribution in [3.63, 3.8) is 0 Å². The number of aliphatic imine (C=N–C) groups is 1. The van der Waals surface area contributed by atoms with E-state index in [-0.39, 0.29) is 24.0 Å². The van der Waals surface area contributed by atoms with Gasteiger partial charge < -0.3 is 14.8 Å². The minimum Gasteiger partial charge on any atom is -0.357 e. The second-order valence-electron chi connectivity index (χ2n) is 7.37. The fourth-order valence-electron chi connectivity index (χ4n) is 3.59. The van der Waals surface area contributed by atoms with E-state index in [0.717, 1.165) is 38.0 Å². The lowest BCUT2D eigenvalue weighted by Crippen LogP contribution is -2.46. The minimum absolute atomic E-state index is 0. The molecule has 0 aliphatic carbocycles. The summed E-state index contributed by atoms with van der Waals surface area (Å²) in [5.74, 6) is 2.62. The van der Waals surface area contributed by atoms with Gasteiger partial charge in [0.1, 0.15) is 12.4 Å². The van der Waals surface area contributed by atoms with E-state index in [2.05, 4.69) is 65.6 Å². The van der Waals surface area contributed by atoms with Gasteiger partial charge in [-0.2, -0.15) is 0 Å². The Morgan fingerprint density at radius 1 is 1.42 bits per heavy atom. The molecular formula is C19H37IN6. The molecule has 150 valence electrons. The maximum atomic E-state index is 4.85. The van der Waals surface area contributed by atoms with Crippen LogP contribution >= 0.6 is 24.0 Å². The number of likely N-dealkylation sites (N-methyl/N-ethyl adjacent to an activating group) is 2. The Hall–Kier alpha value is -0.830. The smallest absolute Gasteiger partial charge is 0.194 e. The SMILES string of the molecule is CCNC(=NCc1nccn1CC(C)C)N(C)CC1CCCN1CC.I. The van der Waals surface area contributed by atoms with Crippen molar-refractivity contribution in [1.29, 1.82) is 0 Å². The van der Waals surface area contributed by atoms with Gasteiger partial charge in [-0.15, -0.1) is 24.0 Å². The molecule has 0 amide bonds. The molecule has 2 rings (SSSR count). The number of likely N-dealkylation sites (tertiary alicyclic amines) is 1. The minimum atomic E-state index is 0. The second kappa shape index (κ2) is 11.8. The zero-order chi connectivity index (χ0) is 18.2. The highest BCUT2D eigenvalue weighted by Gasteiger charge is 2.24. The molecule has 1 aromatic rings. The van der Waals surface area contributed by atoms with Crippen LogP contribution in [0, 0.1) is 5.92 Å². The molecule has 0 bridgehead atoms. The highest BCUT2D eigenvalue weighted by atomic mass is 127. The zero-order valence-corrected chi connectivity index (χ0v) is 19.4. The number of nitrogens with one attached hydrogen (secondary N) is 1. The monoisotopic (exact) mass is 476 g/mol. The highest BCUT2D eigenvalue weighted by molar-refractivity contribution is 14.0. The van der Waals surface area contributed by atoms with Crippen LogP contribution in [-0.4, -0.2) is 64.6 Å². The van der Waals surface area contributed by atoms with Crippen LogP contribution in [0.15, 0.2) is 17.4 Å². The van der Waals surface area contributed by atoms with Crippen LogP contribution in [0.4, 0.5) is 0 Å². The first-order valence-electron chi connectivity index (χ1n) is 9.78. The van der Waals surface area contributed by atoms with Gasteiger partial charge in [0, 0.05) is 45.1 Å². The Morgan fingerprint density at radius 2 is 2.19 bits per heavy atom. The third-order valence-corrected chi connectivity index (χ3v) is 4.82. The van der Waals surface area contributed by atoms with E-state index in [9.17, 15) is 0 Å². The summed E-state index contributed by atoms with van der Waals surface area (Å²) in [5.41, 5.74) is 0. The molecule has 1 aromatic heterocycles. The normalized spacial score (nSPS) is 18.2. The summed E-state index contributed by atoms with van der Waals surface area (Å²) in [4.78, 5) is 14.2. The first-order chi connectivity index (χ1) is 12.0. The lowest BCUT2D eigenvalue weighted by Gasteiger charge is -2.29. The molecule has 1 unspecified atom stereocenters. The van der Waals surface area contributed by atoms with Crippen LogP contribution in [0.2, 0.25) is 0 Å². The Kier molecular flexibility index (Phi) is 10.5. The van der Waals surface area contributed by atoms with Crippen LogP contribution < -0.4 is 5.32 Å². The third kappa shape index (κ3) is 6.72. The van der Waals surface area contributed by atoms with Crippen molar-refractivity contribution in [3.8, 4) is 0 Å². The van der Waals surface area contributed by atoms with Gasteiger partial charge in [-0.1, -0.05) is 20.8 Å². The summed E-state index contributed by atoms with van der Waals surface area (Å²) in [6, 6.07) is 0.641. The maximum absolute atomic E-state index is 4.85. The Bertz CT molecular complexity index is 542. The largest absolute Gasteiger partial charge is 0.357 e. The van der Waals surface area contributed by atoms with E-state index in [1.165, 1.54) is 19.4 Å². The Labute approximate surface area is 176 Å². The molecular weight excluding hydrogens is 439 g/mol. The average Bonchev–Trinajstić information content (AvgIpc) is 3.19. The molecule has 0 radical (unpaired) electrons. The van der Waals surface area contributed by atoms with Gasteiger partial charge in [-0.25, -0.2) is 9.98 Å². The van der Waals surface area contributed by atoms with Gasteiger partial charge in [0.15, 0.2) is 5.96 Å². The van der Waals surface area contributed by atoms with E-state index < -0.39 is 0 Å². The van der Waals surface area contributed by atoms with Crippen molar-refractivity contribution < 1.29 is 0 Å². The first-order valence-corrected chi connectivity index (χ1v) is 9.78. The van der Waals surface area contributed by atoms with Crippen molar-refractivity contribution in [3.05, 3.63) is 18.2 Å². The maximum Gasteiger partial charge on any atom is 0.194 e. The van der Waals surface area contributed by atoms with Crippen molar-refractivity contribution in [1.82, 2.24) is 24.7 Å². The predicted molar refractivity (Wildman–Crippen MR) is 120 cm³/mol. The molecule has 1 saturated heterocycles. The van der Waals surface area contributed by atoms with Gasteiger partial charge in [0.25, 0.3) is 0 Å². The molecule has 6 nitrogen and oxygen atoms in total. The lowest BCUT2D eigenvalue weighted by molar-refractivity contribution is 0.232. The van der Waals surface area contributed by atoms with Crippen molar-refractivity contribution in [2.75, 3.05) is 33.2 Å². The summed E-state index contributed by atoms with van der Waals surface area (Å²) in [6.07, 6.45) is 6.53. The van der Waals surface area contributed by atoms with Gasteiger partial charge in [0.05, 0.1) is 0 Å². The summed E-state index contributed by atoms with van der Waals surface area (Å²) in [5, 5.41) is 3.43. The van der Waals surface area contributed by atoms with E-state index in [1.807, 2.05) is 6.20 Å². The number of rotatable bonds is 8. The number of nitrogens with zero attached hydrogens (tertiary/aromatic N) is 5. The third-order valence-electron chi connectivity index (χ3n) is 4.82. The first kappa shape index (κ1) is 23.2. The molecule has 2 heterocycles. The van der Waals surface area contributed by atoms with Crippen LogP contribution in [0.3, 0.4) is 0 Å². The molecule has 26 heavy (non-hydrogen) atoms. The van der Waals surface area contributed by atoms with E-state index in [1.54, 1.807) is 0 Å². The quantitative estimate of drug-likeness (QED) is 0.356. The van der Waals surface area contributed by atoms with Crippen molar-refractivity contribution >= 4 is 29.9 Å². The van der Waals surface area contributed by atoms with E-state index in [0.29, 0.717) is 18.5 Å². The Balaban J connectivity index is 0.00000338. The summed E-state index contributed by atoms with van der Waals surface area (Å²) >= 11 is 0. The molecule has 1 aliphatic rings. The van der Waals surface area contributed by atoms with Crippen molar-refractivity contribution in [2.24, 2.45) is 10.9 Å². The van der Waals surface area contributed by atoms with Crippen molar-refractivity contribution in [2.45, 2.75) is 59.7 Å². The fraction of sp³-hybridized carbons (Fsp3) is 0.789. The fourth-order valence-corrected chi connectivity index (χ4v) is 3.59. The predicted octanol–water partition coefficient (Wildman–Crippen LogP) is 3.04. The van der Waals surface area contributed by atoms with E-state index in [4.69, 9.17) is 4.99 Å². The molecule has 1 fully saturated rings. The van der Waals surface area contributed by atoms with Crippen LogP contribution in [0.5, 0.6) is 0 Å². The number of aromatic nitrogens is 2. The summed E-state index contributed by atoms with van der Waals surface area (Å²) < 4.78 is 2.22. The summed E-state index contributed by atoms with van der Waals surface area (Å²) in [7, 11) is 2.15. The highest BCUT2D eigenvalue weighted by Crippen LogP contribution is 2.17. The van der Waals surface area contributed by atoms with Crippen LogP contribution in [-0.2, 0) is 13.1 Å². The molecule has 0 spiro atoms. The summed E-state index contributed by atoms with van der Waals surface area (Å²) in [6.45, 7) is 14.7. The second-order valence-corrected chi connectivity index (χ2v) is 7.37. The standard InChI is InChI=1S/C19H36N6.HI/c1-6-20-19(23(5)15-17-9-8-11-24(17)7-2)22-13-18-21-10-12-25(18)14-16(3)4;/h10,12,16-17H,6-9,11,13-15H2,1-5H3,(H,20,22);1H. The molecule has 0 saturated carbocycles. The number of guanidine groups is 1. The average molecular weight is 476 g/mol. The number of halogens is 1. The van der Waals surface area contributed by atoms with Gasteiger partial charge in [0.2, 0.25) is 0 Å². The van der Waals surface area contributed by atoms with E-state index >= 15 is 0 Å². The number of imidazole rings is 1. The van der Waals surface area contributed by atoms with Gasteiger partial charge in [-0.05, 0) is 38.8 Å². The molecule has 1 atom stereocenters.